The van der Waals surface area contributed by atoms with Crippen molar-refractivity contribution >= 4 is 87.2 Å². The Labute approximate surface area is 344 Å². The molecule has 0 unspecified atom stereocenters. The summed E-state index contributed by atoms with van der Waals surface area (Å²) in [5.74, 6) is 0. The van der Waals surface area contributed by atoms with Gasteiger partial charge in [0.1, 0.15) is 0 Å². The molecular formula is C55H33N5. The Hall–Kier alpha value is -8.33. The van der Waals surface area contributed by atoms with Gasteiger partial charge in [-0.15, -0.1) is 0 Å². The van der Waals surface area contributed by atoms with Crippen LogP contribution in [0.2, 0.25) is 0 Å². The van der Waals surface area contributed by atoms with Gasteiger partial charge in [-0.2, -0.15) is 5.26 Å². The van der Waals surface area contributed by atoms with Gasteiger partial charge in [0, 0.05) is 65.8 Å². The summed E-state index contributed by atoms with van der Waals surface area (Å²) in [6, 6.07) is 74.1. The first-order valence-electron chi connectivity index (χ1n) is 20.3. The highest BCUT2D eigenvalue weighted by Crippen LogP contribution is 2.46. The topological polar surface area (TPSA) is 43.5 Å². The highest BCUT2D eigenvalue weighted by Gasteiger charge is 2.25. The van der Waals surface area contributed by atoms with Crippen LogP contribution in [0.25, 0.3) is 110 Å². The second-order valence-electron chi connectivity index (χ2n) is 15.6. The molecule has 0 atom stereocenters. The summed E-state index contributed by atoms with van der Waals surface area (Å²) in [7, 11) is 0. The van der Waals surface area contributed by atoms with Crippen LogP contribution < -0.4 is 0 Å². The lowest BCUT2D eigenvalue weighted by Gasteiger charge is -2.12. The van der Waals surface area contributed by atoms with Crippen molar-refractivity contribution in [2.24, 2.45) is 0 Å². The van der Waals surface area contributed by atoms with E-state index in [9.17, 15) is 5.26 Å². The van der Waals surface area contributed by atoms with Crippen molar-refractivity contribution in [1.29, 1.82) is 5.26 Å². The van der Waals surface area contributed by atoms with Crippen LogP contribution >= 0.6 is 0 Å². The molecule has 5 heteroatoms. The normalized spacial score (nSPS) is 12.0. The predicted molar refractivity (Wildman–Crippen MR) is 249 cm³/mol. The summed E-state index contributed by atoms with van der Waals surface area (Å²) in [6.07, 6.45) is 0. The molecule has 0 fully saturated rings. The van der Waals surface area contributed by atoms with Crippen molar-refractivity contribution in [2.75, 3.05) is 0 Å². The quantitative estimate of drug-likeness (QED) is 0.176. The van der Waals surface area contributed by atoms with Gasteiger partial charge in [0.25, 0.3) is 0 Å². The Kier molecular flexibility index (Phi) is 6.73. The third kappa shape index (κ3) is 4.34. The van der Waals surface area contributed by atoms with Gasteiger partial charge in [-0.05, 0) is 84.9 Å². The first-order chi connectivity index (χ1) is 29.8. The number of rotatable bonds is 4. The second-order valence-corrected chi connectivity index (χ2v) is 15.6. The fraction of sp³-hybridized carbons (Fsp3) is 0. The van der Waals surface area contributed by atoms with Crippen molar-refractivity contribution in [3.63, 3.8) is 0 Å². The van der Waals surface area contributed by atoms with Crippen molar-refractivity contribution in [3.05, 3.63) is 206 Å². The molecule has 0 aliphatic heterocycles. The summed E-state index contributed by atoms with van der Waals surface area (Å²) in [5.41, 5.74) is 13.8. The summed E-state index contributed by atoms with van der Waals surface area (Å²) in [6.45, 7) is 0. The summed E-state index contributed by atoms with van der Waals surface area (Å²) >= 11 is 0. The molecule has 0 N–H and O–H groups in total. The number of para-hydroxylation sites is 6. The molecule has 0 aliphatic carbocycles. The van der Waals surface area contributed by atoms with E-state index in [4.69, 9.17) is 0 Å². The fourth-order valence-corrected chi connectivity index (χ4v) is 10.2. The van der Waals surface area contributed by atoms with Crippen LogP contribution in [0, 0.1) is 11.3 Å². The SMILES string of the molecule is N#Cc1cc2c(c3ccccc3n2-c2ccc3c(c2)c2c(ccc4c5ccccc5n(-c5ccccc5)c42)n3-c2ccccc2)c2c1c1ccccc1n2-c1ccccc1. The minimum Gasteiger partial charge on any atom is -0.309 e. The van der Waals surface area contributed by atoms with Crippen molar-refractivity contribution < 1.29 is 0 Å². The largest absolute Gasteiger partial charge is 0.309 e. The van der Waals surface area contributed by atoms with Crippen LogP contribution in [-0.4, -0.2) is 18.3 Å². The molecule has 13 rings (SSSR count). The molecule has 4 aromatic heterocycles. The Bertz CT molecular complexity index is 3930. The molecule has 5 nitrogen and oxygen atoms in total. The maximum atomic E-state index is 10.9. The lowest BCUT2D eigenvalue weighted by atomic mass is 10.0. The number of nitriles is 1. The molecule has 0 saturated heterocycles. The van der Waals surface area contributed by atoms with Gasteiger partial charge in [0.05, 0.1) is 55.8 Å². The minimum absolute atomic E-state index is 0.656. The Balaban J connectivity index is 1.21. The van der Waals surface area contributed by atoms with E-state index in [2.05, 4.69) is 225 Å². The molecule has 13 aromatic rings. The highest BCUT2D eigenvalue weighted by atomic mass is 15.0. The third-order valence-corrected chi connectivity index (χ3v) is 12.5. The van der Waals surface area contributed by atoms with E-state index in [0.29, 0.717) is 5.56 Å². The van der Waals surface area contributed by atoms with Crippen molar-refractivity contribution in [1.82, 2.24) is 18.3 Å². The zero-order chi connectivity index (χ0) is 39.5. The molecule has 0 bridgehead atoms. The number of benzene rings is 9. The highest BCUT2D eigenvalue weighted by molar-refractivity contribution is 6.29. The maximum Gasteiger partial charge on any atom is 0.0999 e. The van der Waals surface area contributed by atoms with E-state index < -0.39 is 0 Å². The fourth-order valence-electron chi connectivity index (χ4n) is 10.2. The van der Waals surface area contributed by atoms with E-state index in [1.165, 1.54) is 27.2 Å². The molecule has 278 valence electrons. The monoisotopic (exact) mass is 763 g/mol. The molecule has 0 radical (unpaired) electrons. The molecule has 0 saturated carbocycles. The van der Waals surface area contributed by atoms with Gasteiger partial charge in [-0.25, -0.2) is 0 Å². The van der Waals surface area contributed by atoms with E-state index in [-0.39, 0.29) is 0 Å². The van der Waals surface area contributed by atoms with Gasteiger partial charge < -0.3 is 18.3 Å². The van der Waals surface area contributed by atoms with Crippen molar-refractivity contribution in [2.45, 2.75) is 0 Å². The molecule has 0 amide bonds. The molecule has 0 aliphatic rings. The third-order valence-electron chi connectivity index (χ3n) is 12.5. The van der Waals surface area contributed by atoms with Crippen LogP contribution in [0.3, 0.4) is 0 Å². The molecular weight excluding hydrogens is 731 g/mol. The number of hydrogen-bond donors (Lipinski definition) is 0. The maximum absolute atomic E-state index is 10.9. The van der Waals surface area contributed by atoms with E-state index in [1.54, 1.807) is 0 Å². The minimum atomic E-state index is 0.656. The first kappa shape index (κ1) is 32.7. The van der Waals surface area contributed by atoms with E-state index in [1.807, 2.05) is 0 Å². The number of aromatic nitrogens is 4. The summed E-state index contributed by atoms with van der Waals surface area (Å²) < 4.78 is 9.56. The smallest absolute Gasteiger partial charge is 0.0999 e. The summed E-state index contributed by atoms with van der Waals surface area (Å²) in [4.78, 5) is 0. The van der Waals surface area contributed by atoms with Gasteiger partial charge in [-0.1, -0.05) is 115 Å². The Morgan fingerprint density at radius 3 is 1.37 bits per heavy atom. The van der Waals surface area contributed by atoms with E-state index >= 15 is 0 Å². The average Bonchev–Trinajstić information content (AvgIpc) is 4.04. The lowest BCUT2D eigenvalue weighted by molar-refractivity contribution is 1.16. The number of fused-ring (bicyclic) bond motifs is 14. The second kappa shape index (κ2) is 12.3. The Morgan fingerprint density at radius 1 is 0.283 bits per heavy atom. The zero-order valence-corrected chi connectivity index (χ0v) is 32.3. The van der Waals surface area contributed by atoms with Gasteiger partial charge in [-0.3, -0.25) is 0 Å². The van der Waals surface area contributed by atoms with Gasteiger partial charge >= 0.3 is 0 Å². The predicted octanol–water partition coefficient (Wildman–Crippen LogP) is 13.9. The van der Waals surface area contributed by atoms with Crippen LogP contribution in [0.5, 0.6) is 0 Å². The van der Waals surface area contributed by atoms with Gasteiger partial charge in [0.2, 0.25) is 0 Å². The lowest BCUT2D eigenvalue weighted by Crippen LogP contribution is -1.97. The molecule has 4 heterocycles. The van der Waals surface area contributed by atoms with Crippen molar-refractivity contribution in [3.8, 4) is 28.8 Å². The molecule has 0 spiro atoms. The van der Waals surface area contributed by atoms with Crippen LogP contribution in [0.15, 0.2) is 200 Å². The van der Waals surface area contributed by atoms with Crippen LogP contribution in [0.4, 0.5) is 0 Å². The number of nitrogens with zero attached hydrogens (tertiary/aromatic N) is 5. The Morgan fingerprint density at radius 2 is 0.733 bits per heavy atom. The van der Waals surface area contributed by atoms with Crippen LogP contribution in [-0.2, 0) is 0 Å². The average molecular weight is 764 g/mol. The molecule has 9 aromatic carbocycles. The number of hydrogen-bond acceptors (Lipinski definition) is 1. The van der Waals surface area contributed by atoms with Crippen LogP contribution in [0.1, 0.15) is 5.56 Å². The molecule has 60 heavy (non-hydrogen) atoms. The summed E-state index contributed by atoms with van der Waals surface area (Å²) in [5, 5.41) is 20.0. The zero-order valence-electron chi connectivity index (χ0n) is 32.3. The first-order valence-corrected chi connectivity index (χ1v) is 20.3. The van der Waals surface area contributed by atoms with E-state index in [0.717, 1.165) is 82.8 Å². The standard InChI is InChI=1S/C55H33N5/c56-34-35-32-50-52(55-51(35)42-23-11-15-27-47(42)60(55)38-20-8-3-9-21-38)43-24-12-14-26-46(43)58(50)39-28-30-48-44(33-39)53-49(57(48)36-16-4-1-5-17-36)31-29-41-40-22-10-13-25-45(40)59(54(41)53)37-18-6-2-7-19-37/h1-33H. The van der Waals surface area contributed by atoms with Gasteiger partial charge in [0.15, 0.2) is 0 Å².